The fourth-order valence-electron chi connectivity index (χ4n) is 3.04. The molecule has 0 spiro atoms. The Morgan fingerprint density at radius 3 is 2.81 bits per heavy atom. The van der Waals surface area contributed by atoms with Gasteiger partial charge in [0.15, 0.2) is 5.96 Å². The number of fused-ring (bicyclic) bond motifs is 1. The molecule has 4 heteroatoms. The third kappa shape index (κ3) is 1.79. The minimum atomic E-state index is 0.129. The van der Waals surface area contributed by atoms with Gasteiger partial charge in [0.1, 0.15) is 0 Å². The molecule has 0 aromatic rings. The minimum Gasteiger partial charge on any atom is -0.377 e. The smallest absolute Gasteiger partial charge is 0.189 e. The van der Waals surface area contributed by atoms with Crippen molar-refractivity contribution >= 4 is 5.96 Å². The van der Waals surface area contributed by atoms with Crippen LogP contribution >= 0.6 is 0 Å². The first-order valence-electron chi connectivity index (χ1n) is 6.14. The Morgan fingerprint density at radius 1 is 1.50 bits per heavy atom. The van der Waals surface area contributed by atoms with Crippen molar-refractivity contribution in [3.8, 4) is 0 Å². The maximum atomic E-state index is 5.89. The van der Waals surface area contributed by atoms with Gasteiger partial charge in [-0.1, -0.05) is 13.8 Å². The number of hydrogen-bond donors (Lipinski definition) is 2. The summed E-state index contributed by atoms with van der Waals surface area (Å²) >= 11 is 0. The second-order valence-electron chi connectivity index (χ2n) is 5.82. The molecule has 1 saturated carbocycles. The van der Waals surface area contributed by atoms with Crippen LogP contribution < -0.4 is 11.1 Å². The van der Waals surface area contributed by atoms with Crippen molar-refractivity contribution in [3.05, 3.63) is 0 Å². The molecule has 1 saturated heterocycles. The summed E-state index contributed by atoms with van der Waals surface area (Å²) in [6.45, 7) is 9.44. The summed E-state index contributed by atoms with van der Waals surface area (Å²) in [5.74, 6) is 1.14. The van der Waals surface area contributed by atoms with Gasteiger partial charge in [0.25, 0.3) is 0 Å². The van der Waals surface area contributed by atoms with Crippen LogP contribution in [0.25, 0.3) is 0 Å². The van der Waals surface area contributed by atoms with Crippen LogP contribution in [0, 0.1) is 11.3 Å². The zero-order valence-corrected chi connectivity index (χ0v) is 10.7. The van der Waals surface area contributed by atoms with E-state index in [-0.39, 0.29) is 5.41 Å². The molecule has 3 N–H and O–H groups in total. The summed E-state index contributed by atoms with van der Waals surface area (Å²) in [4.78, 5) is 4.62. The molecule has 0 bridgehead atoms. The van der Waals surface area contributed by atoms with E-state index in [1.807, 2.05) is 0 Å². The number of nitrogens with zero attached hydrogens (tertiary/aromatic N) is 1. The molecule has 1 aliphatic carbocycles. The number of nitrogens with one attached hydrogen (secondary N) is 1. The Morgan fingerprint density at radius 2 is 2.19 bits per heavy atom. The van der Waals surface area contributed by atoms with Crippen molar-refractivity contribution in [2.75, 3.05) is 6.61 Å². The minimum absolute atomic E-state index is 0.129. The van der Waals surface area contributed by atoms with Gasteiger partial charge < -0.3 is 15.8 Å². The molecule has 92 valence electrons. The fourth-order valence-corrected chi connectivity index (χ4v) is 3.04. The third-order valence-electron chi connectivity index (χ3n) is 3.75. The molecule has 2 aliphatic rings. The Hall–Kier alpha value is -0.770. The van der Waals surface area contributed by atoms with Gasteiger partial charge in [-0.15, -0.1) is 0 Å². The van der Waals surface area contributed by atoms with Gasteiger partial charge >= 0.3 is 0 Å². The number of guanidine groups is 1. The van der Waals surface area contributed by atoms with Crippen LogP contribution in [0.15, 0.2) is 4.99 Å². The molecular formula is C12H23N3O. The van der Waals surface area contributed by atoms with E-state index in [4.69, 9.17) is 10.5 Å². The lowest BCUT2D eigenvalue weighted by molar-refractivity contribution is -0.0986. The Bertz CT molecular complexity index is 299. The van der Waals surface area contributed by atoms with Gasteiger partial charge in [-0.05, 0) is 20.3 Å². The zero-order chi connectivity index (χ0) is 11.9. The first-order valence-corrected chi connectivity index (χ1v) is 6.14. The summed E-state index contributed by atoms with van der Waals surface area (Å²) in [6, 6.07) is 0.647. The molecule has 2 rings (SSSR count). The highest BCUT2D eigenvalue weighted by atomic mass is 16.5. The largest absolute Gasteiger partial charge is 0.377 e. The second kappa shape index (κ2) is 3.91. The number of ether oxygens (including phenoxy) is 1. The van der Waals surface area contributed by atoms with E-state index < -0.39 is 0 Å². The molecule has 1 aliphatic heterocycles. The van der Waals surface area contributed by atoms with E-state index >= 15 is 0 Å². The molecule has 2 fully saturated rings. The van der Waals surface area contributed by atoms with Gasteiger partial charge in [0.05, 0.1) is 12.1 Å². The van der Waals surface area contributed by atoms with Crippen molar-refractivity contribution < 1.29 is 4.74 Å². The number of aliphatic imine (C=N–C) groups is 1. The van der Waals surface area contributed by atoms with E-state index in [2.05, 4.69) is 38.0 Å². The maximum Gasteiger partial charge on any atom is 0.189 e. The summed E-state index contributed by atoms with van der Waals surface area (Å²) in [5, 5.41) is 3.15. The Labute approximate surface area is 97.6 Å². The standard InChI is InChI=1S/C12H23N3O/c1-7(2)14-11(13)15-9-8-5-6-16-10(8)12(9,3)4/h7-10H,5-6H2,1-4H3,(H3,13,14,15). The lowest BCUT2D eigenvalue weighted by Crippen LogP contribution is -2.59. The SMILES string of the molecule is CC(C)NC(N)=NC1C2CCOC2C1(C)C. The predicted octanol–water partition coefficient (Wildman–Crippen LogP) is 1.11. The summed E-state index contributed by atoms with van der Waals surface area (Å²) in [6.07, 6.45) is 1.50. The van der Waals surface area contributed by atoms with E-state index in [0.29, 0.717) is 30.1 Å². The van der Waals surface area contributed by atoms with Crippen molar-refractivity contribution in [2.24, 2.45) is 22.1 Å². The first kappa shape index (κ1) is 11.7. The van der Waals surface area contributed by atoms with Crippen LogP contribution in [0.4, 0.5) is 0 Å². The van der Waals surface area contributed by atoms with Crippen LogP contribution in [0.5, 0.6) is 0 Å². The quantitative estimate of drug-likeness (QED) is 0.547. The summed E-state index contributed by atoms with van der Waals surface area (Å²) < 4.78 is 5.73. The van der Waals surface area contributed by atoms with Crippen molar-refractivity contribution in [2.45, 2.75) is 52.3 Å². The van der Waals surface area contributed by atoms with E-state index in [1.165, 1.54) is 0 Å². The number of rotatable bonds is 2. The average Bonchev–Trinajstić information content (AvgIpc) is 2.59. The highest BCUT2D eigenvalue weighted by Gasteiger charge is 2.59. The summed E-state index contributed by atoms with van der Waals surface area (Å²) in [7, 11) is 0. The molecule has 4 nitrogen and oxygen atoms in total. The number of nitrogens with two attached hydrogens (primary N) is 1. The lowest BCUT2D eigenvalue weighted by Gasteiger charge is -2.52. The van der Waals surface area contributed by atoms with Gasteiger partial charge in [0.2, 0.25) is 0 Å². The molecule has 0 radical (unpaired) electrons. The van der Waals surface area contributed by atoms with Crippen LogP contribution in [0.2, 0.25) is 0 Å². The number of hydrogen-bond acceptors (Lipinski definition) is 2. The van der Waals surface area contributed by atoms with Gasteiger partial charge in [-0.25, -0.2) is 4.99 Å². The zero-order valence-electron chi connectivity index (χ0n) is 10.7. The fraction of sp³-hybridized carbons (Fsp3) is 0.917. The normalized spacial score (nSPS) is 37.1. The van der Waals surface area contributed by atoms with Crippen LogP contribution in [-0.2, 0) is 4.74 Å². The monoisotopic (exact) mass is 225 g/mol. The maximum absolute atomic E-state index is 5.89. The van der Waals surface area contributed by atoms with Crippen LogP contribution in [0.1, 0.15) is 34.1 Å². The van der Waals surface area contributed by atoms with Crippen molar-refractivity contribution in [1.82, 2.24) is 5.32 Å². The topological polar surface area (TPSA) is 59.6 Å². The van der Waals surface area contributed by atoms with Gasteiger partial charge in [-0.2, -0.15) is 0 Å². The van der Waals surface area contributed by atoms with Crippen molar-refractivity contribution in [1.29, 1.82) is 0 Å². The molecular weight excluding hydrogens is 202 g/mol. The molecule has 3 unspecified atom stereocenters. The van der Waals surface area contributed by atoms with E-state index in [0.717, 1.165) is 13.0 Å². The highest BCUT2D eigenvalue weighted by Crippen LogP contribution is 2.53. The molecule has 0 aromatic heterocycles. The summed E-state index contributed by atoms with van der Waals surface area (Å²) in [5.41, 5.74) is 6.02. The lowest BCUT2D eigenvalue weighted by atomic mass is 9.57. The van der Waals surface area contributed by atoms with Crippen molar-refractivity contribution in [3.63, 3.8) is 0 Å². The highest BCUT2D eigenvalue weighted by molar-refractivity contribution is 5.78. The van der Waals surface area contributed by atoms with E-state index in [9.17, 15) is 0 Å². The predicted molar refractivity (Wildman–Crippen MR) is 65.3 cm³/mol. The third-order valence-corrected chi connectivity index (χ3v) is 3.75. The average molecular weight is 225 g/mol. The molecule has 0 aromatic carbocycles. The first-order chi connectivity index (χ1) is 7.43. The van der Waals surface area contributed by atoms with Gasteiger partial charge in [0, 0.05) is 24.0 Å². The van der Waals surface area contributed by atoms with Gasteiger partial charge in [-0.3, -0.25) is 0 Å². The Balaban J connectivity index is 2.04. The second-order valence-corrected chi connectivity index (χ2v) is 5.82. The molecule has 1 heterocycles. The molecule has 0 amide bonds. The molecule has 3 atom stereocenters. The van der Waals surface area contributed by atoms with E-state index in [1.54, 1.807) is 0 Å². The molecule has 16 heavy (non-hydrogen) atoms. The Kier molecular flexibility index (Phi) is 2.86. The van der Waals surface area contributed by atoms with Crippen LogP contribution in [0.3, 0.4) is 0 Å². The van der Waals surface area contributed by atoms with Crippen LogP contribution in [-0.4, -0.2) is 30.8 Å².